The van der Waals surface area contributed by atoms with Gasteiger partial charge in [-0.25, -0.2) is 0 Å². The zero-order valence-electron chi connectivity index (χ0n) is 12.0. The van der Waals surface area contributed by atoms with E-state index in [1.807, 2.05) is 0 Å². The van der Waals surface area contributed by atoms with E-state index in [1.54, 1.807) is 0 Å². The van der Waals surface area contributed by atoms with Gasteiger partial charge >= 0.3 is 0 Å². The summed E-state index contributed by atoms with van der Waals surface area (Å²) in [6.45, 7) is 8.76. The molecule has 18 heavy (non-hydrogen) atoms. The molecule has 1 aromatic carbocycles. The molecule has 0 spiro atoms. The van der Waals surface area contributed by atoms with E-state index in [0.29, 0.717) is 6.04 Å². The second-order valence-corrected chi connectivity index (χ2v) is 5.66. The first kappa shape index (κ1) is 15.5. The third-order valence-electron chi connectivity index (χ3n) is 3.14. The number of hydrogen-bond donors (Lipinski definition) is 1. The van der Waals surface area contributed by atoms with Crippen LogP contribution < -0.4 is 10.2 Å². The lowest BCUT2D eigenvalue weighted by Gasteiger charge is -2.22. The molecule has 0 radical (unpaired) electrons. The first-order valence-corrected chi connectivity index (χ1v) is 7.63. The van der Waals surface area contributed by atoms with Crippen LogP contribution >= 0.6 is 15.9 Å². The zero-order valence-corrected chi connectivity index (χ0v) is 13.5. The van der Waals surface area contributed by atoms with Gasteiger partial charge < -0.3 is 10.2 Å². The number of nitrogens with zero attached hydrogens (tertiary/aromatic N) is 1. The van der Waals surface area contributed by atoms with Gasteiger partial charge in [0.05, 0.1) is 5.69 Å². The van der Waals surface area contributed by atoms with Crippen molar-refractivity contribution < 1.29 is 0 Å². The number of halogens is 1. The highest BCUT2D eigenvalue weighted by molar-refractivity contribution is 9.10. The summed E-state index contributed by atoms with van der Waals surface area (Å²) in [6, 6.07) is 7.07. The van der Waals surface area contributed by atoms with Crippen molar-refractivity contribution >= 4 is 21.6 Å². The molecule has 1 aromatic rings. The first-order chi connectivity index (χ1) is 8.60. The number of hydrogen-bond acceptors (Lipinski definition) is 2. The van der Waals surface area contributed by atoms with Gasteiger partial charge in [0.25, 0.3) is 0 Å². The quantitative estimate of drug-likeness (QED) is 0.805. The lowest BCUT2D eigenvalue weighted by molar-refractivity contribution is 0.570. The summed E-state index contributed by atoms with van der Waals surface area (Å²) in [7, 11) is 2.14. The molecule has 0 heterocycles. The van der Waals surface area contributed by atoms with Crippen LogP contribution in [0.1, 0.15) is 45.2 Å². The van der Waals surface area contributed by atoms with Crippen LogP contribution in [0.15, 0.2) is 22.7 Å². The van der Waals surface area contributed by atoms with Gasteiger partial charge in [-0.1, -0.05) is 19.9 Å². The van der Waals surface area contributed by atoms with E-state index in [4.69, 9.17) is 0 Å². The molecule has 0 aromatic heterocycles. The normalized spacial score (nSPS) is 12.5. The highest BCUT2D eigenvalue weighted by Gasteiger charge is 2.09. The number of benzene rings is 1. The van der Waals surface area contributed by atoms with Crippen molar-refractivity contribution in [2.24, 2.45) is 0 Å². The third kappa shape index (κ3) is 4.29. The standard InChI is InChI=1S/C15H25BrN2/c1-5-9-17-12(3)13-7-8-15(14(16)11-13)18(4)10-6-2/h7-8,11-12,17H,5-6,9-10H2,1-4H3. The largest absolute Gasteiger partial charge is 0.374 e. The number of nitrogens with one attached hydrogen (secondary N) is 1. The van der Waals surface area contributed by atoms with Crippen LogP contribution in [0.2, 0.25) is 0 Å². The van der Waals surface area contributed by atoms with E-state index in [2.05, 4.69) is 72.2 Å². The molecular weight excluding hydrogens is 288 g/mol. The summed E-state index contributed by atoms with van der Waals surface area (Å²) in [5.74, 6) is 0. The van der Waals surface area contributed by atoms with Crippen molar-refractivity contribution in [3.8, 4) is 0 Å². The molecule has 0 aliphatic rings. The summed E-state index contributed by atoms with van der Waals surface area (Å²) in [5, 5.41) is 3.52. The molecule has 0 bridgehead atoms. The minimum absolute atomic E-state index is 0.409. The van der Waals surface area contributed by atoms with Crippen molar-refractivity contribution in [1.29, 1.82) is 0 Å². The van der Waals surface area contributed by atoms with Crippen molar-refractivity contribution in [2.45, 2.75) is 39.7 Å². The summed E-state index contributed by atoms with van der Waals surface area (Å²) < 4.78 is 1.18. The van der Waals surface area contributed by atoms with Gasteiger partial charge in [0.2, 0.25) is 0 Å². The van der Waals surface area contributed by atoms with E-state index >= 15 is 0 Å². The smallest absolute Gasteiger partial charge is 0.0508 e. The fourth-order valence-corrected chi connectivity index (χ4v) is 2.74. The minimum atomic E-state index is 0.409. The van der Waals surface area contributed by atoms with Gasteiger partial charge in [0, 0.05) is 24.1 Å². The maximum Gasteiger partial charge on any atom is 0.0508 e. The molecule has 3 heteroatoms. The molecule has 1 rings (SSSR count). The number of rotatable bonds is 7. The van der Waals surface area contributed by atoms with E-state index < -0.39 is 0 Å². The molecule has 0 aliphatic carbocycles. The van der Waals surface area contributed by atoms with E-state index in [0.717, 1.165) is 13.1 Å². The van der Waals surface area contributed by atoms with Gasteiger partial charge in [-0.05, 0) is 59.9 Å². The second-order valence-electron chi connectivity index (χ2n) is 4.81. The van der Waals surface area contributed by atoms with Crippen LogP contribution in [0.4, 0.5) is 5.69 Å². The van der Waals surface area contributed by atoms with Crippen LogP contribution in [-0.4, -0.2) is 20.1 Å². The fraction of sp³-hybridized carbons (Fsp3) is 0.600. The Balaban J connectivity index is 2.78. The predicted molar refractivity (Wildman–Crippen MR) is 84.4 cm³/mol. The molecule has 2 nitrogen and oxygen atoms in total. The van der Waals surface area contributed by atoms with Crippen LogP contribution in [0.25, 0.3) is 0 Å². The predicted octanol–water partition coefficient (Wildman–Crippen LogP) is 4.36. The van der Waals surface area contributed by atoms with Crippen molar-refractivity contribution in [2.75, 3.05) is 25.0 Å². The lowest BCUT2D eigenvalue weighted by atomic mass is 10.1. The van der Waals surface area contributed by atoms with Gasteiger partial charge in [-0.15, -0.1) is 0 Å². The zero-order chi connectivity index (χ0) is 13.5. The average molecular weight is 313 g/mol. The maximum atomic E-state index is 3.68. The van der Waals surface area contributed by atoms with Gasteiger partial charge in [-0.3, -0.25) is 0 Å². The molecule has 1 unspecified atom stereocenters. The summed E-state index contributed by atoms with van der Waals surface area (Å²) in [5.41, 5.74) is 2.60. The third-order valence-corrected chi connectivity index (χ3v) is 3.78. The van der Waals surface area contributed by atoms with E-state index in [1.165, 1.54) is 28.6 Å². The molecule has 0 aliphatic heterocycles. The SMILES string of the molecule is CCCNC(C)c1ccc(N(C)CCC)c(Br)c1. The number of anilines is 1. The van der Waals surface area contributed by atoms with Gasteiger partial charge in [0.15, 0.2) is 0 Å². The Hall–Kier alpha value is -0.540. The Morgan fingerprint density at radius 2 is 2.00 bits per heavy atom. The molecule has 102 valence electrons. The lowest BCUT2D eigenvalue weighted by Crippen LogP contribution is -2.20. The topological polar surface area (TPSA) is 15.3 Å². The molecular formula is C15H25BrN2. The van der Waals surface area contributed by atoms with Crippen LogP contribution in [0.3, 0.4) is 0 Å². The highest BCUT2D eigenvalue weighted by Crippen LogP contribution is 2.28. The molecule has 0 saturated heterocycles. The molecule has 1 N–H and O–H groups in total. The second kappa shape index (κ2) is 7.80. The van der Waals surface area contributed by atoms with Crippen molar-refractivity contribution in [3.63, 3.8) is 0 Å². The molecule has 0 amide bonds. The summed E-state index contributed by atoms with van der Waals surface area (Å²) in [4.78, 5) is 2.29. The Labute approximate surface area is 120 Å². The summed E-state index contributed by atoms with van der Waals surface area (Å²) in [6.07, 6.45) is 2.34. The van der Waals surface area contributed by atoms with E-state index in [9.17, 15) is 0 Å². The van der Waals surface area contributed by atoms with E-state index in [-0.39, 0.29) is 0 Å². The van der Waals surface area contributed by atoms with Gasteiger partial charge in [-0.2, -0.15) is 0 Å². The Morgan fingerprint density at radius 3 is 2.56 bits per heavy atom. The maximum absolute atomic E-state index is 3.68. The van der Waals surface area contributed by atoms with Crippen molar-refractivity contribution in [3.05, 3.63) is 28.2 Å². The van der Waals surface area contributed by atoms with Crippen molar-refractivity contribution in [1.82, 2.24) is 5.32 Å². The first-order valence-electron chi connectivity index (χ1n) is 6.84. The Morgan fingerprint density at radius 1 is 1.28 bits per heavy atom. The Kier molecular flexibility index (Phi) is 6.72. The highest BCUT2D eigenvalue weighted by atomic mass is 79.9. The monoisotopic (exact) mass is 312 g/mol. The fourth-order valence-electron chi connectivity index (χ4n) is 2.04. The Bertz CT molecular complexity index is 366. The molecule has 0 fully saturated rings. The average Bonchev–Trinajstić information content (AvgIpc) is 2.35. The summed E-state index contributed by atoms with van der Waals surface area (Å²) >= 11 is 3.68. The molecule has 1 atom stereocenters. The van der Waals surface area contributed by atoms with Crippen LogP contribution in [0.5, 0.6) is 0 Å². The minimum Gasteiger partial charge on any atom is -0.374 e. The van der Waals surface area contributed by atoms with Crippen LogP contribution in [0, 0.1) is 0 Å². The molecule has 0 saturated carbocycles. The van der Waals surface area contributed by atoms with Crippen LogP contribution in [-0.2, 0) is 0 Å². The van der Waals surface area contributed by atoms with Gasteiger partial charge in [0.1, 0.15) is 0 Å².